The monoisotopic (exact) mass is 468 g/mol. The molecular weight excluding hydrogens is 441 g/mol. The first-order valence-corrected chi connectivity index (χ1v) is 12.1. The Morgan fingerprint density at radius 1 is 1.06 bits per heavy atom. The normalized spacial score (nSPS) is 16.5. The molecule has 1 N–H and O–H groups in total. The van der Waals surface area contributed by atoms with Crippen molar-refractivity contribution in [2.24, 2.45) is 0 Å². The molecule has 0 radical (unpaired) electrons. The summed E-state index contributed by atoms with van der Waals surface area (Å²) in [7, 11) is -3.50. The fraction of sp³-hybridized carbons (Fsp3) is 0.435. The van der Waals surface area contributed by atoms with Gasteiger partial charge < -0.3 is 5.32 Å². The van der Waals surface area contributed by atoms with Crippen LogP contribution < -0.4 is 5.32 Å². The third-order valence-electron chi connectivity index (χ3n) is 5.61. The second-order valence-electron chi connectivity index (χ2n) is 8.02. The van der Waals surface area contributed by atoms with Gasteiger partial charge in [0, 0.05) is 19.5 Å². The quantitative estimate of drug-likeness (QED) is 0.641. The van der Waals surface area contributed by atoms with Crippen molar-refractivity contribution >= 4 is 15.9 Å². The summed E-state index contributed by atoms with van der Waals surface area (Å²) in [5.41, 5.74) is 0.431. The third-order valence-corrected chi connectivity index (χ3v) is 7.52. The Morgan fingerprint density at radius 2 is 1.72 bits per heavy atom. The van der Waals surface area contributed by atoms with Crippen molar-refractivity contribution in [2.75, 3.05) is 13.1 Å². The van der Waals surface area contributed by atoms with Crippen LogP contribution in [-0.4, -0.2) is 31.7 Å². The van der Waals surface area contributed by atoms with Gasteiger partial charge in [-0.05, 0) is 61.6 Å². The predicted molar refractivity (Wildman–Crippen MR) is 115 cm³/mol. The molecule has 1 aliphatic rings. The lowest BCUT2D eigenvalue weighted by Gasteiger charge is -2.25. The highest BCUT2D eigenvalue weighted by Crippen LogP contribution is 2.30. The maximum Gasteiger partial charge on any atom is 0.416 e. The number of amides is 1. The molecule has 2 aromatic carbocycles. The van der Waals surface area contributed by atoms with Gasteiger partial charge in [-0.2, -0.15) is 17.5 Å². The number of sulfonamides is 1. The van der Waals surface area contributed by atoms with Gasteiger partial charge in [0.05, 0.1) is 16.5 Å². The van der Waals surface area contributed by atoms with Gasteiger partial charge in [-0.25, -0.2) is 8.42 Å². The minimum atomic E-state index is -4.44. The van der Waals surface area contributed by atoms with E-state index in [-0.39, 0.29) is 17.2 Å². The highest BCUT2D eigenvalue weighted by molar-refractivity contribution is 7.89. The summed E-state index contributed by atoms with van der Waals surface area (Å²) < 4.78 is 65.6. The molecule has 1 heterocycles. The number of nitrogens with zero attached hydrogens (tertiary/aromatic N) is 1. The summed E-state index contributed by atoms with van der Waals surface area (Å²) in [6, 6.07) is 10.8. The molecule has 0 aromatic heterocycles. The Labute approximate surface area is 186 Å². The largest absolute Gasteiger partial charge is 0.416 e. The smallest absolute Gasteiger partial charge is 0.350 e. The first kappa shape index (κ1) is 24.3. The fourth-order valence-corrected chi connectivity index (χ4v) is 5.24. The van der Waals surface area contributed by atoms with Gasteiger partial charge >= 0.3 is 6.18 Å². The average Bonchev–Trinajstić information content (AvgIpc) is 2.78. The molecule has 1 aliphatic heterocycles. The topological polar surface area (TPSA) is 66.5 Å². The van der Waals surface area contributed by atoms with Crippen molar-refractivity contribution in [3.8, 4) is 0 Å². The van der Waals surface area contributed by atoms with Crippen LogP contribution >= 0.6 is 0 Å². The molecule has 1 atom stereocenters. The van der Waals surface area contributed by atoms with Crippen molar-refractivity contribution in [1.29, 1.82) is 0 Å². The zero-order valence-electron chi connectivity index (χ0n) is 17.9. The van der Waals surface area contributed by atoms with E-state index in [1.165, 1.54) is 10.4 Å². The van der Waals surface area contributed by atoms with Crippen LogP contribution in [0.2, 0.25) is 0 Å². The van der Waals surface area contributed by atoms with Gasteiger partial charge in [-0.3, -0.25) is 4.79 Å². The number of alkyl halides is 3. The van der Waals surface area contributed by atoms with Gasteiger partial charge in [-0.1, -0.05) is 30.7 Å². The van der Waals surface area contributed by atoms with E-state index < -0.39 is 27.8 Å². The zero-order valence-corrected chi connectivity index (χ0v) is 18.7. The second kappa shape index (κ2) is 10.0. The molecule has 0 spiro atoms. The summed E-state index contributed by atoms with van der Waals surface area (Å²) in [4.78, 5) is 12.5. The lowest BCUT2D eigenvalue weighted by molar-refractivity contribution is -0.137. The Hall–Kier alpha value is -2.39. The number of carbonyl (C=O) groups excluding carboxylic acids is 1. The van der Waals surface area contributed by atoms with E-state index in [0.717, 1.165) is 37.0 Å². The van der Waals surface area contributed by atoms with Crippen LogP contribution in [0.5, 0.6) is 0 Å². The van der Waals surface area contributed by atoms with Crippen molar-refractivity contribution in [1.82, 2.24) is 9.62 Å². The molecular formula is C23H27F3N2O3S. The zero-order chi connectivity index (χ0) is 23.4. The SMILES string of the molecule is CC(NC(=O)CCc1ccc(S(=O)(=O)N2CCCCC2)cc1)c1cccc(C(F)(F)F)c1. The van der Waals surface area contributed by atoms with Crippen LogP contribution in [0.1, 0.15) is 55.3 Å². The van der Waals surface area contributed by atoms with Gasteiger partial charge in [-0.15, -0.1) is 0 Å². The molecule has 1 fully saturated rings. The predicted octanol–water partition coefficient (Wildman–Crippen LogP) is 4.69. The molecule has 1 unspecified atom stereocenters. The van der Waals surface area contributed by atoms with E-state index in [2.05, 4.69) is 5.32 Å². The van der Waals surface area contributed by atoms with Crippen LogP contribution in [0.15, 0.2) is 53.4 Å². The summed E-state index contributed by atoms with van der Waals surface area (Å²) in [6.07, 6.45) is -1.13. The molecule has 0 saturated carbocycles. The van der Waals surface area contributed by atoms with Crippen LogP contribution in [0.3, 0.4) is 0 Å². The van der Waals surface area contributed by atoms with Crippen molar-refractivity contribution in [3.63, 3.8) is 0 Å². The average molecular weight is 469 g/mol. The van der Waals surface area contributed by atoms with Crippen molar-refractivity contribution < 1.29 is 26.4 Å². The molecule has 32 heavy (non-hydrogen) atoms. The maximum atomic E-state index is 12.9. The Bertz CT molecular complexity index is 1030. The number of halogens is 3. The highest BCUT2D eigenvalue weighted by atomic mass is 32.2. The van der Waals surface area contributed by atoms with Gasteiger partial charge in [0.25, 0.3) is 0 Å². The molecule has 174 valence electrons. The number of hydrogen-bond acceptors (Lipinski definition) is 3. The van der Waals surface area contributed by atoms with Crippen molar-refractivity contribution in [2.45, 2.75) is 56.1 Å². The molecule has 1 saturated heterocycles. The van der Waals surface area contributed by atoms with Crippen molar-refractivity contribution in [3.05, 3.63) is 65.2 Å². The molecule has 1 amide bonds. The van der Waals surface area contributed by atoms with E-state index in [4.69, 9.17) is 0 Å². The van der Waals surface area contributed by atoms with Gasteiger partial charge in [0.2, 0.25) is 15.9 Å². The van der Waals surface area contributed by atoms with Crippen LogP contribution in [0, 0.1) is 0 Å². The van der Waals surface area contributed by atoms with Gasteiger partial charge in [0.15, 0.2) is 0 Å². The minimum absolute atomic E-state index is 0.140. The standard InChI is InChI=1S/C23H27F3N2O3S/c1-17(19-6-5-7-20(16-19)23(24,25)26)27-22(29)13-10-18-8-11-21(12-9-18)32(30,31)28-14-3-2-4-15-28/h5-9,11-12,16-17H,2-4,10,13-15H2,1H3,(H,27,29). The molecule has 0 aliphatic carbocycles. The summed E-state index contributed by atoms with van der Waals surface area (Å²) in [5.74, 6) is -0.292. The Kier molecular flexibility index (Phi) is 7.61. The van der Waals surface area contributed by atoms with Crippen LogP contribution in [0.25, 0.3) is 0 Å². The number of nitrogens with one attached hydrogen (secondary N) is 1. The number of carbonyl (C=O) groups is 1. The number of aryl methyl sites for hydroxylation is 1. The summed E-state index contributed by atoms with van der Waals surface area (Å²) >= 11 is 0. The van der Waals surface area contributed by atoms with Crippen LogP contribution in [0.4, 0.5) is 13.2 Å². The number of rotatable bonds is 7. The summed E-state index contributed by atoms with van der Waals surface area (Å²) in [6.45, 7) is 2.70. The molecule has 3 rings (SSSR count). The van der Waals surface area contributed by atoms with Gasteiger partial charge in [0.1, 0.15) is 0 Å². The first-order valence-electron chi connectivity index (χ1n) is 10.6. The molecule has 5 nitrogen and oxygen atoms in total. The number of benzene rings is 2. The lowest BCUT2D eigenvalue weighted by Crippen LogP contribution is -2.35. The van der Waals surface area contributed by atoms with Crippen LogP contribution in [-0.2, 0) is 27.4 Å². The van der Waals surface area contributed by atoms with E-state index in [1.807, 2.05) is 0 Å². The molecule has 2 aromatic rings. The first-order chi connectivity index (χ1) is 15.1. The fourth-order valence-electron chi connectivity index (χ4n) is 3.72. The maximum absolute atomic E-state index is 12.9. The van der Waals surface area contributed by atoms with E-state index in [1.54, 1.807) is 37.3 Å². The number of hydrogen-bond donors (Lipinski definition) is 1. The Morgan fingerprint density at radius 3 is 2.34 bits per heavy atom. The second-order valence-corrected chi connectivity index (χ2v) is 9.96. The lowest BCUT2D eigenvalue weighted by atomic mass is 10.0. The third kappa shape index (κ3) is 6.10. The summed E-state index contributed by atoms with van der Waals surface area (Å²) in [5, 5.41) is 2.71. The molecule has 9 heteroatoms. The highest BCUT2D eigenvalue weighted by Gasteiger charge is 2.31. The molecule has 0 bridgehead atoms. The Balaban J connectivity index is 1.55. The van der Waals surface area contributed by atoms with E-state index in [0.29, 0.717) is 25.1 Å². The number of piperidine rings is 1. The van der Waals surface area contributed by atoms with E-state index >= 15 is 0 Å². The minimum Gasteiger partial charge on any atom is -0.350 e. The van der Waals surface area contributed by atoms with E-state index in [9.17, 15) is 26.4 Å².